The number of hydrogen-bond donors (Lipinski definition) is 1. The molecule has 1 aliphatic carbocycles. The summed E-state index contributed by atoms with van der Waals surface area (Å²) in [4.78, 5) is 24.4. The number of rotatable bonds is 7. The zero-order chi connectivity index (χ0) is 13.7. The van der Waals surface area contributed by atoms with Crippen LogP contribution in [0.1, 0.15) is 18.4 Å². The molecule has 5 heteroatoms. The molecule has 1 saturated carbocycles. The molecule has 1 aromatic carbocycles. The van der Waals surface area contributed by atoms with Crippen molar-refractivity contribution in [3.8, 4) is 0 Å². The van der Waals surface area contributed by atoms with E-state index < -0.39 is 5.97 Å². The molecule has 4 nitrogen and oxygen atoms in total. The minimum absolute atomic E-state index is 0.0183. The Morgan fingerprint density at radius 3 is 2.47 bits per heavy atom. The van der Waals surface area contributed by atoms with Gasteiger partial charge in [-0.25, -0.2) is 0 Å². The van der Waals surface area contributed by atoms with Crippen LogP contribution in [-0.2, 0) is 16.1 Å². The third-order valence-electron chi connectivity index (χ3n) is 2.95. The molecule has 0 unspecified atom stereocenters. The summed E-state index contributed by atoms with van der Waals surface area (Å²) in [6.45, 7) is 0.623. The van der Waals surface area contributed by atoms with Crippen LogP contribution in [-0.4, -0.2) is 39.4 Å². The van der Waals surface area contributed by atoms with Gasteiger partial charge in [-0.2, -0.15) is 0 Å². The van der Waals surface area contributed by atoms with E-state index in [1.54, 1.807) is 0 Å². The van der Waals surface area contributed by atoms with E-state index in [0.717, 1.165) is 30.2 Å². The highest BCUT2D eigenvalue weighted by Crippen LogP contribution is 2.29. The van der Waals surface area contributed by atoms with Crippen molar-refractivity contribution in [2.75, 3.05) is 11.5 Å². The summed E-state index contributed by atoms with van der Waals surface area (Å²) in [5.41, 5.74) is 1.12. The van der Waals surface area contributed by atoms with Gasteiger partial charge in [-0.05, 0) is 18.4 Å². The minimum atomic E-state index is -0.876. The average Bonchev–Trinajstić information content (AvgIpc) is 3.21. The molecule has 0 aliphatic heterocycles. The molecule has 0 heterocycles. The number of carboxylic acids is 1. The van der Waals surface area contributed by atoms with E-state index in [2.05, 4.69) is 0 Å². The van der Waals surface area contributed by atoms with Gasteiger partial charge in [-0.3, -0.25) is 9.59 Å². The number of amides is 1. The number of nitrogens with zero attached hydrogens (tertiary/aromatic N) is 1. The molecule has 1 amide bonds. The smallest absolute Gasteiger partial charge is 0.313 e. The lowest BCUT2D eigenvalue weighted by molar-refractivity contribution is -0.133. The maximum Gasteiger partial charge on any atom is 0.313 e. The molecular formula is C14H17NO3S. The number of hydrogen-bond acceptors (Lipinski definition) is 3. The van der Waals surface area contributed by atoms with Crippen LogP contribution in [0.3, 0.4) is 0 Å². The molecule has 0 saturated heterocycles. The number of carbonyl (C=O) groups is 2. The summed E-state index contributed by atoms with van der Waals surface area (Å²) in [7, 11) is 0. The van der Waals surface area contributed by atoms with Crippen molar-refractivity contribution < 1.29 is 14.7 Å². The highest BCUT2D eigenvalue weighted by Gasteiger charge is 2.32. The Balaban J connectivity index is 1.89. The Bertz CT molecular complexity index is 445. The standard InChI is InChI=1S/C14H17NO3S/c16-13(9-19-10-14(17)18)15(12-6-7-12)8-11-4-2-1-3-5-11/h1-5,12H,6-10H2,(H,17,18). The predicted octanol–water partition coefficient (Wildman–Crippen LogP) is 2.00. The maximum absolute atomic E-state index is 12.1. The first-order valence-electron chi connectivity index (χ1n) is 6.30. The van der Waals surface area contributed by atoms with Crippen LogP contribution in [0.25, 0.3) is 0 Å². The van der Waals surface area contributed by atoms with Gasteiger partial charge in [0.25, 0.3) is 0 Å². The van der Waals surface area contributed by atoms with Crippen molar-refractivity contribution in [3.63, 3.8) is 0 Å². The fraction of sp³-hybridized carbons (Fsp3) is 0.429. The number of benzene rings is 1. The van der Waals surface area contributed by atoms with E-state index in [4.69, 9.17) is 5.11 Å². The molecule has 2 rings (SSSR count). The van der Waals surface area contributed by atoms with Gasteiger partial charge < -0.3 is 10.0 Å². The van der Waals surface area contributed by atoms with Crippen molar-refractivity contribution in [1.29, 1.82) is 0 Å². The second-order valence-electron chi connectivity index (χ2n) is 4.62. The number of aliphatic carboxylic acids is 1. The number of thioether (sulfide) groups is 1. The summed E-state index contributed by atoms with van der Waals surface area (Å²) < 4.78 is 0. The van der Waals surface area contributed by atoms with E-state index in [9.17, 15) is 9.59 Å². The fourth-order valence-electron chi connectivity index (χ4n) is 1.90. The minimum Gasteiger partial charge on any atom is -0.481 e. The highest BCUT2D eigenvalue weighted by molar-refractivity contribution is 8.00. The number of carboxylic acid groups (broad SMARTS) is 1. The lowest BCUT2D eigenvalue weighted by Gasteiger charge is -2.22. The van der Waals surface area contributed by atoms with Gasteiger partial charge in [-0.1, -0.05) is 30.3 Å². The first-order valence-corrected chi connectivity index (χ1v) is 7.45. The summed E-state index contributed by atoms with van der Waals surface area (Å²) in [6.07, 6.45) is 2.12. The zero-order valence-electron chi connectivity index (χ0n) is 10.6. The highest BCUT2D eigenvalue weighted by atomic mass is 32.2. The molecule has 0 atom stereocenters. The van der Waals surface area contributed by atoms with E-state index in [0.29, 0.717) is 12.6 Å². The van der Waals surface area contributed by atoms with E-state index >= 15 is 0 Å². The maximum atomic E-state index is 12.1. The number of carbonyl (C=O) groups excluding carboxylic acids is 1. The van der Waals surface area contributed by atoms with Crippen LogP contribution < -0.4 is 0 Å². The van der Waals surface area contributed by atoms with Gasteiger partial charge in [0.15, 0.2) is 0 Å². The molecule has 1 aromatic rings. The Kier molecular flexibility index (Phi) is 4.85. The van der Waals surface area contributed by atoms with E-state index in [1.807, 2.05) is 35.2 Å². The zero-order valence-corrected chi connectivity index (χ0v) is 11.4. The topological polar surface area (TPSA) is 57.6 Å². The second-order valence-corrected chi connectivity index (χ2v) is 5.61. The van der Waals surface area contributed by atoms with Gasteiger partial charge in [-0.15, -0.1) is 11.8 Å². The van der Waals surface area contributed by atoms with E-state index in [1.165, 1.54) is 0 Å². The monoisotopic (exact) mass is 279 g/mol. The van der Waals surface area contributed by atoms with Crippen LogP contribution in [0.2, 0.25) is 0 Å². The summed E-state index contributed by atoms with van der Waals surface area (Å²) >= 11 is 1.16. The van der Waals surface area contributed by atoms with Crippen molar-refractivity contribution in [2.24, 2.45) is 0 Å². The Morgan fingerprint density at radius 1 is 1.21 bits per heavy atom. The van der Waals surface area contributed by atoms with Gasteiger partial charge in [0, 0.05) is 12.6 Å². The average molecular weight is 279 g/mol. The third kappa shape index (κ3) is 4.59. The Hall–Kier alpha value is -1.49. The molecule has 102 valence electrons. The van der Waals surface area contributed by atoms with Crippen LogP contribution in [0, 0.1) is 0 Å². The molecule has 0 radical (unpaired) electrons. The fourth-order valence-corrected chi connectivity index (χ4v) is 2.51. The second kappa shape index (κ2) is 6.61. The van der Waals surface area contributed by atoms with Gasteiger partial charge in [0.05, 0.1) is 11.5 Å². The molecule has 0 aromatic heterocycles. The van der Waals surface area contributed by atoms with Crippen LogP contribution in [0.5, 0.6) is 0 Å². The van der Waals surface area contributed by atoms with Gasteiger partial charge in [0.2, 0.25) is 5.91 Å². The van der Waals surface area contributed by atoms with Crippen molar-refractivity contribution in [2.45, 2.75) is 25.4 Å². The largest absolute Gasteiger partial charge is 0.481 e. The van der Waals surface area contributed by atoms with Gasteiger partial charge >= 0.3 is 5.97 Å². The quantitative estimate of drug-likeness (QED) is 0.829. The summed E-state index contributed by atoms with van der Waals surface area (Å²) in [5.74, 6) is -0.609. The van der Waals surface area contributed by atoms with Crippen molar-refractivity contribution >= 4 is 23.6 Å². The molecular weight excluding hydrogens is 262 g/mol. The molecule has 1 N–H and O–H groups in total. The first-order chi connectivity index (χ1) is 9.16. The van der Waals surface area contributed by atoms with Crippen LogP contribution in [0.15, 0.2) is 30.3 Å². The molecule has 19 heavy (non-hydrogen) atoms. The molecule has 1 fully saturated rings. The van der Waals surface area contributed by atoms with Crippen LogP contribution >= 0.6 is 11.8 Å². The third-order valence-corrected chi connectivity index (χ3v) is 3.86. The van der Waals surface area contributed by atoms with E-state index in [-0.39, 0.29) is 17.4 Å². The normalized spacial score (nSPS) is 14.1. The first kappa shape index (κ1) is 13.9. The molecule has 1 aliphatic rings. The summed E-state index contributed by atoms with van der Waals surface area (Å²) in [5, 5.41) is 8.58. The van der Waals surface area contributed by atoms with Crippen molar-refractivity contribution in [3.05, 3.63) is 35.9 Å². The summed E-state index contributed by atoms with van der Waals surface area (Å²) in [6, 6.07) is 10.2. The van der Waals surface area contributed by atoms with Crippen LogP contribution in [0.4, 0.5) is 0 Å². The Labute approximate surface area is 116 Å². The van der Waals surface area contributed by atoms with Gasteiger partial charge in [0.1, 0.15) is 0 Å². The van der Waals surface area contributed by atoms with Crippen molar-refractivity contribution in [1.82, 2.24) is 4.90 Å². The Morgan fingerprint density at radius 2 is 1.89 bits per heavy atom. The lowest BCUT2D eigenvalue weighted by atomic mass is 10.2. The molecule has 0 spiro atoms. The SMILES string of the molecule is O=C(O)CSCC(=O)N(Cc1ccccc1)C1CC1. The molecule has 0 bridgehead atoms. The lowest BCUT2D eigenvalue weighted by Crippen LogP contribution is -2.34. The predicted molar refractivity (Wildman–Crippen MR) is 75.0 cm³/mol.